The Morgan fingerprint density at radius 3 is 2.93 bits per heavy atom. The predicted octanol–water partition coefficient (Wildman–Crippen LogP) is 2.36. The van der Waals surface area contributed by atoms with E-state index in [2.05, 4.69) is 25.2 Å². The van der Waals surface area contributed by atoms with Crippen molar-refractivity contribution in [1.29, 1.82) is 0 Å². The van der Waals surface area contributed by atoms with Crippen LogP contribution in [0.15, 0.2) is 11.6 Å². The molecule has 0 radical (unpaired) electrons. The molecule has 1 heterocycles. The molecule has 1 saturated heterocycles. The van der Waals surface area contributed by atoms with Gasteiger partial charge >= 0.3 is 0 Å². The fraction of sp³-hybridized carbons (Fsp3) is 0.833. The lowest BCUT2D eigenvalue weighted by molar-refractivity contribution is 0.0707. The first-order valence-corrected chi connectivity index (χ1v) is 5.84. The van der Waals surface area contributed by atoms with E-state index < -0.39 is 0 Å². The Balaban J connectivity index is 2.35. The van der Waals surface area contributed by atoms with E-state index in [1.54, 1.807) is 0 Å². The van der Waals surface area contributed by atoms with E-state index in [9.17, 15) is 0 Å². The van der Waals surface area contributed by atoms with Crippen molar-refractivity contribution in [3.8, 4) is 0 Å². The first-order chi connectivity index (χ1) is 6.86. The van der Waals surface area contributed by atoms with Crippen molar-refractivity contribution in [1.82, 2.24) is 5.32 Å². The molecule has 1 fully saturated rings. The van der Waals surface area contributed by atoms with Crippen LogP contribution in [0.25, 0.3) is 0 Å². The molecule has 0 spiro atoms. The minimum Gasteiger partial charge on any atom is -0.381 e. The van der Waals surface area contributed by atoms with Gasteiger partial charge in [-0.3, -0.25) is 0 Å². The van der Waals surface area contributed by atoms with Gasteiger partial charge < -0.3 is 10.1 Å². The Morgan fingerprint density at radius 1 is 1.50 bits per heavy atom. The van der Waals surface area contributed by atoms with E-state index in [-0.39, 0.29) is 0 Å². The van der Waals surface area contributed by atoms with E-state index in [1.165, 1.54) is 18.4 Å². The highest BCUT2D eigenvalue weighted by Gasteiger charge is 2.11. The third kappa shape index (κ3) is 4.25. The maximum atomic E-state index is 5.47. The normalized spacial score (nSPS) is 23.9. The van der Waals surface area contributed by atoms with Crippen molar-refractivity contribution in [2.75, 3.05) is 26.3 Å². The lowest BCUT2D eigenvalue weighted by Crippen LogP contribution is -2.19. The van der Waals surface area contributed by atoms with Crippen LogP contribution in [0, 0.1) is 5.92 Å². The van der Waals surface area contributed by atoms with E-state index in [1.807, 2.05) is 0 Å². The third-order valence-corrected chi connectivity index (χ3v) is 2.72. The second-order valence-electron chi connectivity index (χ2n) is 3.94. The Morgan fingerprint density at radius 2 is 2.36 bits per heavy atom. The minimum absolute atomic E-state index is 0.664. The smallest absolute Gasteiger partial charge is 0.0528 e. The molecule has 0 bridgehead atoms. The molecule has 0 aromatic rings. The topological polar surface area (TPSA) is 21.3 Å². The van der Waals surface area contributed by atoms with E-state index in [0.717, 1.165) is 32.7 Å². The molecular formula is C12H23NO. The average molecular weight is 197 g/mol. The molecule has 0 aromatic heterocycles. The summed E-state index contributed by atoms with van der Waals surface area (Å²) < 4.78 is 5.47. The summed E-state index contributed by atoms with van der Waals surface area (Å²) in [5.74, 6) is 0.664. The molecule has 1 unspecified atom stereocenters. The van der Waals surface area contributed by atoms with E-state index in [0.29, 0.717) is 5.92 Å². The highest BCUT2D eigenvalue weighted by molar-refractivity contribution is 5.06. The maximum Gasteiger partial charge on any atom is 0.0528 e. The van der Waals surface area contributed by atoms with Crippen LogP contribution >= 0.6 is 0 Å². The molecule has 1 aliphatic rings. The zero-order valence-electron chi connectivity index (χ0n) is 9.51. The highest BCUT2D eigenvalue weighted by atomic mass is 16.5. The van der Waals surface area contributed by atoms with Gasteiger partial charge in [-0.05, 0) is 25.8 Å². The summed E-state index contributed by atoms with van der Waals surface area (Å²) in [5.41, 5.74) is 1.53. The second kappa shape index (κ2) is 7.02. The van der Waals surface area contributed by atoms with Crippen molar-refractivity contribution in [3.05, 3.63) is 11.6 Å². The first kappa shape index (κ1) is 11.7. The molecular weight excluding hydrogens is 174 g/mol. The van der Waals surface area contributed by atoms with Crippen LogP contribution in [-0.2, 0) is 4.74 Å². The van der Waals surface area contributed by atoms with Gasteiger partial charge in [-0.2, -0.15) is 0 Å². The summed E-state index contributed by atoms with van der Waals surface area (Å²) >= 11 is 0. The van der Waals surface area contributed by atoms with Crippen molar-refractivity contribution < 1.29 is 4.74 Å². The standard InChI is InChI=1S/C12H23NO/c1-3-11(9-13-4-2)8-12-6-5-7-14-10-12/h8,12-13H,3-7,9-10H2,1-2H3. The number of rotatable bonds is 5. The fourth-order valence-electron chi connectivity index (χ4n) is 1.82. The van der Waals surface area contributed by atoms with Crippen LogP contribution in [0.4, 0.5) is 0 Å². The molecule has 0 saturated carbocycles. The van der Waals surface area contributed by atoms with Crippen LogP contribution in [0.2, 0.25) is 0 Å². The zero-order valence-corrected chi connectivity index (χ0v) is 9.51. The average Bonchev–Trinajstić information content (AvgIpc) is 2.25. The number of likely N-dealkylation sites (N-methyl/N-ethyl adjacent to an activating group) is 1. The molecule has 0 amide bonds. The van der Waals surface area contributed by atoms with Crippen LogP contribution in [0.1, 0.15) is 33.1 Å². The monoisotopic (exact) mass is 197 g/mol. The van der Waals surface area contributed by atoms with Gasteiger partial charge in [0.15, 0.2) is 0 Å². The van der Waals surface area contributed by atoms with Crippen molar-refractivity contribution in [2.45, 2.75) is 33.1 Å². The molecule has 1 atom stereocenters. The summed E-state index contributed by atoms with van der Waals surface area (Å²) in [5, 5.41) is 3.38. The summed E-state index contributed by atoms with van der Waals surface area (Å²) in [6.45, 7) is 8.36. The van der Waals surface area contributed by atoms with Gasteiger partial charge in [-0.25, -0.2) is 0 Å². The second-order valence-corrected chi connectivity index (χ2v) is 3.94. The zero-order chi connectivity index (χ0) is 10.2. The lowest BCUT2D eigenvalue weighted by atomic mass is 9.98. The summed E-state index contributed by atoms with van der Waals surface area (Å²) in [6, 6.07) is 0. The van der Waals surface area contributed by atoms with Crippen LogP contribution < -0.4 is 5.32 Å². The van der Waals surface area contributed by atoms with Crippen LogP contribution in [0.5, 0.6) is 0 Å². The summed E-state index contributed by atoms with van der Waals surface area (Å²) in [4.78, 5) is 0. The molecule has 14 heavy (non-hydrogen) atoms. The summed E-state index contributed by atoms with van der Waals surface area (Å²) in [7, 11) is 0. The Labute approximate surface area is 87.7 Å². The molecule has 82 valence electrons. The first-order valence-electron chi connectivity index (χ1n) is 5.84. The Kier molecular flexibility index (Phi) is 5.88. The van der Waals surface area contributed by atoms with Crippen molar-refractivity contribution >= 4 is 0 Å². The SMILES string of the molecule is CCNCC(=CC1CCCOC1)CC. The van der Waals surface area contributed by atoms with Gasteiger partial charge in [-0.1, -0.05) is 25.5 Å². The Hall–Kier alpha value is -0.340. The number of ether oxygens (including phenoxy) is 1. The van der Waals surface area contributed by atoms with Crippen molar-refractivity contribution in [3.63, 3.8) is 0 Å². The summed E-state index contributed by atoms with van der Waals surface area (Å²) in [6.07, 6.45) is 6.10. The van der Waals surface area contributed by atoms with E-state index >= 15 is 0 Å². The van der Waals surface area contributed by atoms with Crippen LogP contribution in [-0.4, -0.2) is 26.3 Å². The molecule has 1 rings (SSSR count). The van der Waals surface area contributed by atoms with Crippen LogP contribution in [0.3, 0.4) is 0 Å². The Bertz CT molecular complexity index is 171. The predicted molar refractivity (Wildman–Crippen MR) is 60.5 cm³/mol. The van der Waals surface area contributed by atoms with Gasteiger partial charge in [0.25, 0.3) is 0 Å². The quantitative estimate of drug-likeness (QED) is 0.683. The van der Waals surface area contributed by atoms with Gasteiger partial charge in [-0.15, -0.1) is 0 Å². The number of hydrogen-bond donors (Lipinski definition) is 1. The van der Waals surface area contributed by atoms with Gasteiger partial charge in [0.05, 0.1) is 6.61 Å². The van der Waals surface area contributed by atoms with Gasteiger partial charge in [0.2, 0.25) is 0 Å². The van der Waals surface area contributed by atoms with Gasteiger partial charge in [0.1, 0.15) is 0 Å². The minimum atomic E-state index is 0.664. The molecule has 1 N–H and O–H groups in total. The van der Waals surface area contributed by atoms with Gasteiger partial charge in [0, 0.05) is 19.1 Å². The number of hydrogen-bond acceptors (Lipinski definition) is 2. The molecule has 1 aliphatic heterocycles. The fourth-order valence-corrected chi connectivity index (χ4v) is 1.82. The third-order valence-electron chi connectivity index (χ3n) is 2.72. The molecule has 2 heteroatoms. The molecule has 0 aliphatic carbocycles. The van der Waals surface area contributed by atoms with E-state index in [4.69, 9.17) is 4.74 Å². The van der Waals surface area contributed by atoms with Crippen molar-refractivity contribution in [2.24, 2.45) is 5.92 Å². The molecule has 0 aromatic carbocycles. The molecule has 2 nitrogen and oxygen atoms in total. The number of nitrogens with one attached hydrogen (secondary N) is 1. The largest absolute Gasteiger partial charge is 0.381 e. The highest BCUT2D eigenvalue weighted by Crippen LogP contribution is 2.17. The maximum absolute atomic E-state index is 5.47. The lowest BCUT2D eigenvalue weighted by Gasteiger charge is -2.20.